The number of hydrogen-bond acceptors (Lipinski definition) is 5. The Kier molecular flexibility index (Phi) is 7.29. The molecule has 0 aliphatic carbocycles. The molecule has 170 valence electrons. The number of nitro groups is 1. The van der Waals surface area contributed by atoms with Gasteiger partial charge in [-0.2, -0.15) is 0 Å². The van der Waals surface area contributed by atoms with Gasteiger partial charge < -0.3 is 5.11 Å². The third kappa shape index (κ3) is 4.90. The number of anilines is 1. The number of carboxylic acid groups (broad SMARTS) is 1. The van der Waals surface area contributed by atoms with Crippen molar-refractivity contribution in [2.24, 2.45) is 0 Å². The van der Waals surface area contributed by atoms with Crippen LogP contribution in [0.4, 0.5) is 20.6 Å². The maximum absolute atomic E-state index is 14.7. The SMILES string of the molecule is CC[C@@H](C(=O)N(C(=O)c1ccccc1[N+](=O)[O-])c1ccccc1F)N(C(=O)O)C(C)(C)C. The lowest BCUT2D eigenvalue weighted by Crippen LogP contribution is -2.58. The van der Waals surface area contributed by atoms with Crippen LogP contribution in [0.3, 0.4) is 0 Å². The Balaban J connectivity index is 2.72. The van der Waals surface area contributed by atoms with Gasteiger partial charge in [0, 0.05) is 11.6 Å². The third-order valence-corrected chi connectivity index (χ3v) is 4.76. The smallest absolute Gasteiger partial charge is 0.408 e. The number of para-hydroxylation sites is 2. The second-order valence-electron chi connectivity index (χ2n) is 7.95. The molecular weight excluding hydrogens is 421 g/mol. The summed E-state index contributed by atoms with van der Waals surface area (Å²) in [6.45, 7) is 6.29. The third-order valence-electron chi connectivity index (χ3n) is 4.76. The van der Waals surface area contributed by atoms with Crippen LogP contribution < -0.4 is 4.90 Å². The fourth-order valence-electron chi connectivity index (χ4n) is 3.40. The second-order valence-corrected chi connectivity index (χ2v) is 7.95. The van der Waals surface area contributed by atoms with Crippen LogP contribution in [-0.2, 0) is 4.79 Å². The zero-order chi connectivity index (χ0) is 24.2. The van der Waals surface area contributed by atoms with Crippen molar-refractivity contribution in [3.05, 3.63) is 70.0 Å². The summed E-state index contributed by atoms with van der Waals surface area (Å²) >= 11 is 0. The average Bonchev–Trinajstić information content (AvgIpc) is 2.71. The highest BCUT2D eigenvalue weighted by molar-refractivity contribution is 6.23. The van der Waals surface area contributed by atoms with Crippen molar-refractivity contribution in [3.63, 3.8) is 0 Å². The van der Waals surface area contributed by atoms with E-state index in [-0.39, 0.29) is 6.42 Å². The minimum absolute atomic E-state index is 0.0164. The van der Waals surface area contributed by atoms with Gasteiger partial charge in [0.1, 0.15) is 17.4 Å². The summed E-state index contributed by atoms with van der Waals surface area (Å²) in [7, 11) is 0. The van der Waals surface area contributed by atoms with Crippen molar-refractivity contribution in [2.75, 3.05) is 4.90 Å². The van der Waals surface area contributed by atoms with E-state index < -0.39 is 57.2 Å². The van der Waals surface area contributed by atoms with E-state index in [2.05, 4.69) is 0 Å². The Labute approximate surface area is 184 Å². The van der Waals surface area contributed by atoms with Crippen LogP contribution in [0.2, 0.25) is 0 Å². The lowest BCUT2D eigenvalue weighted by Gasteiger charge is -2.40. The molecule has 0 fully saturated rings. The number of nitro benzene ring substituents is 1. The predicted octanol–water partition coefficient (Wildman–Crippen LogP) is 4.46. The summed E-state index contributed by atoms with van der Waals surface area (Å²) in [5, 5.41) is 21.2. The zero-order valence-corrected chi connectivity index (χ0v) is 18.1. The number of hydrogen-bond donors (Lipinski definition) is 1. The van der Waals surface area contributed by atoms with Gasteiger partial charge >= 0.3 is 6.09 Å². The topological polar surface area (TPSA) is 121 Å². The molecular formula is C22H24FN3O6. The van der Waals surface area contributed by atoms with Gasteiger partial charge in [-0.3, -0.25) is 24.6 Å². The second kappa shape index (κ2) is 9.54. The molecule has 0 unspecified atom stereocenters. The molecule has 0 saturated heterocycles. The summed E-state index contributed by atoms with van der Waals surface area (Å²) in [4.78, 5) is 51.0. The molecule has 2 aromatic carbocycles. The Hall–Kier alpha value is -3.82. The van der Waals surface area contributed by atoms with E-state index in [1.54, 1.807) is 27.7 Å². The van der Waals surface area contributed by atoms with Crippen molar-refractivity contribution < 1.29 is 28.8 Å². The molecule has 0 radical (unpaired) electrons. The molecule has 0 aliphatic rings. The number of carbonyl (C=O) groups excluding carboxylic acids is 2. The van der Waals surface area contributed by atoms with Crippen molar-refractivity contribution in [1.82, 2.24) is 4.90 Å². The maximum Gasteiger partial charge on any atom is 0.408 e. The predicted molar refractivity (Wildman–Crippen MR) is 115 cm³/mol. The zero-order valence-electron chi connectivity index (χ0n) is 18.1. The van der Waals surface area contributed by atoms with E-state index in [1.165, 1.54) is 30.3 Å². The quantitative estimate of drug-likeness (QED) is 0.517. The molecule has 0 heterocycles. The van der Waals surface area contributed by atoms with Gasteiger partial charge in [0.2, 0.25) is 0 Å². The van der Waals surface area contributed by atoms with E-state index in [4.69, 9.17) is 0 Å². The van der Waals surface area contributed by atoms with E-state index in [0.717, 1.165) is 23.1 Å². The van der Waals surface area contributed by atoms with Gasteiger partial charge in [0.15, 0.2) is 0 Å². The first-order chi connectivity index (χ1) is 14.9. The fraction of sp³-hybridized carbons (Fsp3) is 0.318. The van der Waals surface area contributed by atoms with Crippen molar-refractivity contribution in [2.45, 2.75) is 45.7 Å². The fourth-order valence-corrected chi connectivity index (χ4v) is 3.40. The molecule has 32 heavy (non-hydrogen) atoms. The van der Waals surface area contributed by atoms with Crippen LogP contribution in [0.15, 0.2) is 48.5 Å². The molecule has 10 heteroatoms. The average molecular weight is 445 g/mol. The molecule has 9 nitrogen and oxygen atoms in total. The minimum Gasteiger partial charge on any atom is -0.465 e. The molecule has 1 atom stereocenters. The molecule has 0 aliphatic heterocycles. The number of imide groups is 1. The Bertz CT molecular complexity index is 1050. The highest BCUT2D eigenvalue weighted by Crippen LogP contribution is 2.29. The van der Waals surface area contributed by atoms with Gasteiger partial charge in [-0.1, -0.05) is 31.2 Å². The lowest BCUT2D eigenvalue weighted by molar-refractivity contribution is -0.385. The number of nitrogens with zero attached hydrogens (tertiary/aromatic N) is 3. The summed E-state index contributed by atoms with van der Waals surface area (Å²) < 4.78 is 14.7. The first-order valence-electron chi connectivity index (χ1n) is 9.80. The monoisotopic (exact) mass is 445 g/mol. The minimum atomic E-state index is -1.40. The maximum atomic E-state index is 14.7. The van der Waals surface area contributed by atoms with Gasteiger partial charge in [-0.15, -0.1) is 0 Å². The number of carbonyl (C=O) groups is 3. The van der Waals surface area contributed by atoms with Gasteiger partial charge in [0.25, 0.3) is 17.5 Å². The number of amides is 3. The standard InChI is InChI=1S/C22H24FN3O6/c1-5-16(25(21(29)30)22(2,3)4)20(28)24(18-13-9-7-11-15(18)23)19(27)14-10-6-8-12-17(14)26(31)32/h6-13,16H,5H2,1-4H3,(H,29,30)/t16-/m0/s1. The van der Waals surface area contributed by atoms with Gasteiger partial charge in [0.05, 0.1) is 10.6 Å². The number of halogens is 1. The summed E-state index contributed by atoms with van der Waals surface area (Å²) in [6.07, 6.45) is -1.42. The van der Waals surface area contributed by atoms with Crippen molar-refractivity contribution in [1.29, 1.82) is 0 Å². The summed E-state index contributed by atoms with van der Waals surface area (Å²) in [5.74, 6) is -3.07. The lowest BCUT2D eigenvalue weighted by atomic mass is 10.0. The summed E-state index contributed by atoms with van der Waals surface area (Å²) in [5.41, 5.74) is -2.45. The molecule has 0 aromatic heterocycles. The molecule has 2 rings (SSSR count). The Morgan fingerprint density at radius 3 is 2.16 bits per heavy atom. The van der Waals surface area contributed by atoms with E-state index in [0.29, 0.717) is 4.90 Å². The van der Waals surface area contributed by atoms with Gasteiger partial charge in [-0.25, -0.2) is 14.1 Å². The number of benzene rings is 2. The molecule has 3 amide bonds. The van der Waals surface area contributed by atoms with Crippen LogP contribution in [0.25, 0.3) is 0 Å². The first kappa shape index (κ1) is 24.4. The highest BCUT2D eigenvalue weighted by Gasteiger charge is 2.42. The van der Waals surface area contributed by atoms with Gasteiger partial charge in [-0.05, 0) is 45.4 Å². The van der Waals surface area contributed by atoms with E-state index >= 15 is 0 Å². The molecule has 1 N–H and O–H groups in total. The van der Waals surface area contributed by atoms with E-state index in [1.807, 2.05) is 0 Å². The van der Waals surface area contributed by atoms with Crippen LogP contribution in [0.1, 0.15) is 44.5 Å². The molecule has 2 aromatic rings. The van der Waals surface area contributed by atoms with Crippen LogP contribution in [0, 0.1) is 15.9 Å². The highest BCUT2D eigenvalue weighted by atomic mass is 19.1. The largest absolute Gasteiger partial charge is 0.465 e. The van der Waals surface area contributed by atoms with Crippen molar-refractivity contribution >= 4 is 29.3 Å². The van der Waals surface area contributed by atoms with Crippen LogP contribution in [0.5, 0.6) is 0 Å². The Morgan fingerprint density at radius 1 is 1.09 bits per heavy atom. The molecule has 0 spiro atoms. The van der Waals surface area contributed by atoms with E-state index in [9.17, 15) is 34.0 Å². The van der Waals surface area contributed by atoms with Crippen molar-refractivity contribution in [3.8, 4) is 0 Å². The normalized spacial score (nSPS) is 12.0. The Morgan fingerprint density at radius 2 is 1.66 bits per heavy atom. The summed E-state index contributed by atoms with van der Waals surface area (Å²) in [6, 6.07) is 8.58. The first-order valence-corrected chi connectivity index (χ1v) is 9.80. The number of rotatable bonds is 6. The van der Waals surface area contributed by atoms with Crippen LogP contribution >= 0.6 is 0 Å². The molecule has 0 saturated carbocycles. The molecule has 0 bridgehead atoms. The van der Waals surface area contributed by atoms with Crippen LogP contribution in [-0.4, -0.2) is 44.4 Å².